The number of aromatic nitrogens is 1. The minimum Gasteiger partial charge on any atom is -0.444 e. The molecule has 8 nitrogen and oxygen atoms in total. The molecule has 2 heterocycles. The van der Waals surface area contributed by atoms with E-state index in [1.165, 1.54) is 0 Å². The Balaban J connectivity index is 1.72. The van der Waals surface area contributed by atoms with Gasteiger partial charge in [-0.15, -0.1) is 0 Å². The highest BCUT2D eigenvalue weighted by molar-refractivity contribution is 5.96. The highest BCUT2D eigenvalue weighted by Crippen LogP contribution is 2.34. The lowest BCUT2D eigenvalue weighted by Gasteiger charge is -2.27. The van der Waals surface area contributed by atoms with Crippen molar-refractivity contribution in [3.05, 3.63) is 60.2 Å². The maximum absolute atomic E-state index is 13.5. The molecule has 3 aromatic rings. The first kappa shape index (κ1) is 25.3. The molecule has 3 N–H and O–H groups in total. The average molecular weight is 491 g/mol. The Kier molecular flexibility index (Phi) is 7.06. The number of ether oxygens (including phenoxy) is 1. The molecule has 36 heavy (non-hydrogen) atoms. The van der Waals surface area contributed by atoms with Crippen LogP contribution in [0, 0.1) is 5.92 Å². The van der Waals surface area contributed by atoms with Crippen molar-refractivity contribution in [1.82, 2.24) is 20.5 Å². The summed E-state index contributed by atoms with van der Waals surface area (Å²) in [5, 5.41) is 9.53. The Hall–Kier alpha value is -3.81. The minimum absolute atomic E-state index is 0.123. The molecule has 0 bridgehead atoms. The third-order valence-electron chi connectivity index (χ3n) is 5.97. The first-order valence-electron chi connectivity index (χ1n) is 12.3. The molecule has 4 rings (SSSR count). The van der Waals surface area contributed by atoms with Crippen LogP contribution in [0.15, 0.2) is 54.6 Å². The van der Waals surface area contributed by atoms with Crippen molar-refractivity contribution in [2.75, 3.05) is 0 Å². The van der Waals surface area contributed by atoms with E-state index in [2.05, 4.69) is 16.0 Å². The van der Waals surface area contributed by atoms with E-state index in [1.807, 2.05) is 73.0 Å². The molecular formula is C28H34N4O4. The van der Waals surface area contributed by atoms with E-state index in [4.69, 9.17) is 4.74 Å². The van der Waals surface area contributed by atoms with Gasteiger partial charge in [0, 0.05) is 11.9 Å². The van der Waals surface area contributed by atoms with Crippen molar-refractivity contribution >= 4 is 28.8 Å². The Morgan fingerprint density at radius 2 is 1.83 bits per heavy atom. The van der Waals surface area contributed by atoms with Gasteiger partial charge in [0.05, 0.1) is 11.2 Å². The zero-order valence-electron chi connectivity index (χ0n) is 21.4. The highest BCUT2D eigenvalue weighted by Gasteiger charge is 2.33. The molecule has 0 saturated carbocycles. The molecule has 190 valence electrons. The van der Waals surface area contributed by atoms with Crippen molar-refractivity contribution in [3.8, 4) is 11.3 Å². The molecule has 0 aliphatic carbocycles. The van der Waals surface area contributed by atoms with Crippen LogP contribution in [-0.2, 0) is 20.9 Å². The fourth-order valence-corrected chi connectivity index (χ4v) is 4.52. The number of para-hydroxylation sites is 1. The van der Waals surface area contributed by atoms with E-state index in [9.17, 15) is 14.4 Å². The zero-order valence-corrected chi connectivity index (χ0v) is 21.4. The fourth-order valence-electron chi connectivity index (χ4n) is 4.52. The molecule has 1 unspecified atom stereocenters. The third kappa shape index (κ3) is 5.53. The molecule has 1 aliphatic rings. The van der Waals surface area contributed by atoms with Crippen molar-refractivity contribution < 1.29 is 19.1 Å². The molecule has 0 radical (unpaired) electrons. The summed E-state index contributed by atoms with van der Waals surface area (Å²) in [5.41, 5.74) is 2.90. The average Bonchev–Trinajstić information content (AvgIpc) is 3.13. The molecule has 3 amide bonds. The van der Waals surface area contributed by atoms with Crippen molar-refractivity contribution in [1.29, 1.82) is 0 Å². The molecule has 0 saturated heterocycles. The number of nitrogens with one attached hydrogen (secondary N) is 3. The largest absolute Gasteiger partial charge is 0.444 e. The van der Waals surface area contributed by atoms with E-state index in [-0.39, 0.29) is 11.8 Å². The van der Waals surface area contributed by atoms with Gasteiger partial charge in [0.2, 0.25) is 5.91 Å². The topological polar surface area (TPSA) is 101 Å². The van der Waals surface area contributed by atoms with Crippen LogP contribution in [0.2, 0.25) is 0 Å². The van der Waals surface area contributed by atoms with Gasteiger partial charge in [-0.1, -0.05) is 62.4 Å². The predicted octanol–water partition coefficient (Wildman–Crippen LogP) is 4.49. The maximum atomic E-state index is 13.5. The lowest BCUT2D eigenvalue weighted by atomic mass is 10.0. The van der Waals surface area contributed by atoms with E-state index in [0.717, 1.165) is 27.7 Å². The van der Waals surface area contributed by atoms with Crippen molar-refractivity contribution in [2.24, 2.45) is 5.92 Å². The summed E-state index contributed by atoms with van der Waals surface area (Å²) in [6.07, 6.45) is -1.28. The van der Waals surface area contributed by atoms with Crippen LogP contribution in [0.1, 0.15) is 52.8 Å². The zero-order chi connectivity index (χ0) is 26.0. The molecule has 8 heteroatoms. The Bertz CT molecular complexity index is 1270. The fraction of sp³-hybridized carbons (Fsp3) is 0.393. The summed E-state index contributed by atoms with van der Waals surface area (Å²) in [7, 11) is 0. The second kappa shape index (κ2) is 10.0. The second-order valence-corrected chi connectivity index (χ2v) is 10.6. The van der Waals surface area contributed by atoms with Gasteiger partial charge >= 0.3 is 6.09 Å². The van der Waals surface area contributed by atoms with Gasteiger partial charge in [0.1, 0.15) is 11.6 Å². The quantitative estimate of drug-likeness (QED) is 0.474. The minimum atomic E-state index is -0.996. The maximum Gasteiger partial charge on any atom is 0.408 e. The van der Waals surface area contributed by atoms with Gasteiger partial charge in [0.15, 0.2) is 6.17 Å². The Morgan fingerprint density at radius 1 is 1.11 bits per heavy atom. The van der Waals surface area contributed by atoms with E-state index < -0.39 is 29.8 Å². The molecule has 1 aromatic heterocycles. The van der Waals surface area contributed by atoms with Crippen LogP contribution in [0.25, 0.3) is 22.2 Å². The standard InChI is InChI=1S/C28H34N4O4/c1-17(2)14-21(30-27(35)36-28(3,4)5)25(33)31-24-26(34)29-16-20-13-9-12-19-15-22(32(24)23(19)20)18-10-7-6-8-11-18/h6-13,15,17,21,24H,14,16H2,1-5H3,(H,29,34)(H,30,35)(H,31,33)/t21-,24?/m0/s1. The highest BCUT2D eigenvalue weighted by atomic mass is 16.6. The van der Waals surface area contributed by atoms with Gasteiger partial charge < -0.3 is 25.3 Å². The summed E-state index contributed by atoms with van der Waals surface area (Å²) in [5.74, 6) is -0.651. The lowest BCUT2D eigenvalue weighted by molar-refractivity contribution is -0.132. The van der Waals surface area contributed by atoms with Crippen molar-refractivity contribution in [2.45, 2.75) is 65.4 Å². The van der Waals surface area contributed by atoms with Gasteiger partial charge in [-0.3, -0.25) is 9.59 Å². The van der Waals surface area contributed by atoms with Crippen LogP contribution in [0.4, 0.5) is 4.79 Å². The number of carbonyl (C=O) groups is 3. The lowest BCUT2D eigenvalue weighted by Crippen LogP contribution is -2.52. The van der Waals surface area contributed by atoms with Crippen LogP contribution in [-0.4, -0.2) is 34.1 Å². The van der Waals surface area contributed by atoms with Crippen LogP contribution >= 0.6 is 0 Å². The number of alkyl carbamates (subject to hydrolysis) is 1. The summed E-state index contributed by atoms with van der Waals surface area (Å²) < 4.78 is 7.26. The van der Waals surface area contributed by atoms with Gasteiger partial charge in [-0.2, -0.15) is 0 Å². The Morgan fingerprint density at radius 3 is 2.50 bits per heavy atom. The Labute approximate surface area is 211 Å². The number of carbonyl (C=O) groups excluding carboxylic acids is 3. The summed E-state index contributed by atoms with van der Waals surface area (Å²) >= 11 is 0. The van der Waals surface area contributed by atoms with Crippen molar-refractivity contribution in [3.63, 3.8) is 0 Å². The van der Waals surface area contributed by atoms with E-state index >= 15 is 0 Å². The van der Waals surface area contributed by atoms with Crippen LogP contribution in [0.3, 0.4) is 0 Å². The molecule has 2 atom stereocenters. The number of rotatable bonds is 6. The predicted molar refractivity (Wildman–Crippen MR) is 139 cm³/mol. The SMILES string of the molecule is CC(C)C[C@H](NC(=O)OC(C)(C)C)C(=O)NC1C(=O)NCc2cccc3cc(-c4ccccc4)n1c23. The summed E-state index contributed by atoms with van der Waals surface area (Å²) in [4.78, 5) is 39.4. The van der Waals surface area contributed by atoms with E-state index in [1.54, 1.807) is 20.8 Å². The molecule has 0 spiro atoms. The number of nitrogens with zero attached hydrogens (tertiary/aromatic N) is 1. The summed E-state index contributed by atoms with van der Waals surface area (Å²) in [6.45, 7) is 9.58. The third-order valence-corrected chi connectivity index (χ3v) is 5.97. The monoisotopic (exact) mass is 490 g/mol. The molecular weight excluding hydrogens is 456 g/mol. The van der Waals surface area contributed by atoms with Crippen LogP contribution in [0.5, 0.6) is 0 Å². The normalized spacial score (nSPS) is 16.3. The molecule has 0 fully saturated rings. The first-order chi connectivity index (χ1) is 17.0. The second-order valence-electron chi connectivity index (χ2n) is 10.6. The molecule has 1 aliphatic heterocycles. The van der Waals surface area contributed by atoms with E-state index in [0.29, 0.717) is 13.0 Å². The number of amides is 3. The van der Waals surface area contributed by atoms with Gasteiger partial charge in [-0.05, 0) is 50.3 Å². The van der Waals surface area contributed by atoms with Crippen LogP contribution < -0.4 is 16.0 Å². The number of hydrogen-bond donors (Lipinski definition) is 3. The molecule has 2 aromatic carbocycles. The summed E-state index contributed by atoms with van der Waals surface area (Å²) in [6, 6.07) is 16.9. The van der Waals surface area contributed by atoms with Gasteiger partial charge in [0.25, 0.3) is 5.91 Å². The number of hydrogen-bond acceptors (Lipinski definition) is 4. The smallest absolute Gasteiger partial charge is 0.408 e. The number of benzene rings is 2. The first-order valence-corrected chi connectivity index (χ1v) is 12.3. The van der Waals surface area contributed by atoms with Gasteiger partial charge in [-0.25, -0.2) is 4.79 Å².